The van der Waals surface area contributed by atoms with Crippen molar-refractivity contribution in [3.8, 4) is 0 Å². The average Bonchev–Trinajstić information content (AvgIpc) is 2.39. The summed E-state index contributed by atoms with van der Waals surface area (Å²) in [6, 6.07) is 0. The van der Waals surface area contributed by atoms with Gasteiger partial charge in [0.15, 0.2) is 0 Å². The number of hydrogen-bond donors (Lipinski definition) is 0. The van der Waals surface area contributed by atoms with Crippen molar-refractivity contribution in [2.24, 2.45) is 0 Å². The molecule has 6 heteroatoms. The lowest BCUT2D eigenvalue weighted by atomic mass is 10.9. The fourth-order valence-electron chi connectivity index (χ4n) is 0.657. The monoisotopic (exact) mass is 252 g/mol. The number of ether oxygens (including phenoxy) is 6. The third-order valence-corrected chi connectivity index (χ3v) is 1.28. The first-order valence-corrected chi connectivity index (χ1v) is 4.83. The van der Waals surface area contributed by atoms with Gasteiger partial charge < -0.3 is 28.4 Å². The second-order valence-corrected chi connectivity index (χ2v) is 2.45. The van der Waals surface area contributed by atoms with E-state index in [1.807, 2.05) is 0 Å². The molecule has 0 amide bonds. The van der Waals surface area contributed by atoms with E-state index in [-0.39, 0.29) is 0 Å². The van der Waals surface area contributed by atoms with Crippen molar-refractivity contribution in [2.75, 3.05) is 0 Å². The van der Waals surface area contributed by atoms with Crippen LogP contribution in [0.4, 0.5) is 0 Å². The quantitative estimate of drug-likeness (QED) is 0.660. The Morgan fingerprint density at radius 2 is 0.333 bits per heavy atom. The maximum Gasteiger partial charge on any atom is 0.125 e. The first-order valence-electron chi connectivity index (χ1n) is 4.83. The molecule has 0 saturated carbocycles. The molecule has 0 bridgehead atoms. The molecule has 18 heavy (non-hydrogen) atoms. The van der Waals surface area contributed by atoms with Gasteiger partial charge in [0.25, 0.3) is 0 Å². The van der Waals surface area contributed by atoms with E-state index in [1.165, 1.54) is 75.1 Å². The maximum atomic E-state index is 4.87. The zero-order valence-corrected chi connectivity index (χ0v) is 9.38. The molecule has 1 heterocycles. The van der Waals surface area contributed by atoms with E-state index in [1.54, 1.807) is 0 Å². The molecule has 0 aromatic heterocycles. The van der Waals surface area contributed by atoms with E-state index in [0.717, 1.165) is 0 Å². The summed E-state index contributed by atoms with van der Waals surface area (Å²) < 4.78 is 29.2. The standard InChI is InChI=1S/C12H12O6/c1-2-14-5-6-16-9-10-18-12-11-17-8-7-15-4-3-13-1/h1-12H/b2-1-,4-3-,6-5-,8-7-,10-9-,12-11-. The van der Waals surface area contributed by atoms with E-state index in [9.17, 15) is 0 Å². The molecule has 6 nitrogen and oxygen atoms in total. The molecule has 0 aromatic rings. The van der Waals surface area contributed by atoms with Gasteiger partial charge in [-0.3, -0.25) is 0 Å². The van der Waals surface area contributed by atoms with E-state index in [4.69, 9.17) is 28.4 Å². The van der Waals surface area contributed by atoms with Crippen molar-refractivity contribution >= 4 is 0 Å². The Labute approximate surface area is 104 Å². The van der Waals surface area contributed by atoms with Crippen LogP contribution in [0.5, 0.6) is 0 Å². The summed E-state index contributed by atoms with van der Waals surface area (Å²) in [7, 11) is 0. The molecule has 0 radical (unpaired) electrons. The molecule has 0 unspecified atom stereocenters. The molecule has 0 saturated heterocycles. The van der Waals surface area contributed by atoms with Crippen LogP contribution >= 0.6 is 0 Å². The molecular formula is C12H12O6. The summed E-state index contributed by atoms with van der Waals surface area (Å²) in [5, 5.41) is 0. The van der Waals surface area contributed by atoms with Gasteiger partial charge >= 0.3 is 0 Å². The SMILES string of the molecule is C1=C\O/C=C\O/C=C\O/C=C\O/C=C\O/C=C\O/1. The molecule has 96 valence electrons. The van der Waals surface area contributed by atoms with Gasteiger partial charge in [-0.25, -0.2) is 0 Å². The van der Waals surface area contributed by atoms with Crippen LogP contribution in [0.2, 0.25) is 0 Å². The third kappa shape index (κ3) is 8.54. The van der Waals surface area contributed by atoms with Gasteiger partial charge in [-0.15, -0.1) is 0 Å². The van der Waals surface area contributed by atoms with Crippen molar-refractivity contribution in [1.29, 1.82) is 0 Å². The molecule has 1 rings (SSSR count). The molecule has 1 aliphatic heterocycles. The van der Waals surface area contributed by atoms with Gasteiger partial charge in [-0.1, -0.05) is 0 Å². The Bertz CT molecular complexity index is 248. The second-order valence-electron chi connectivity index (χ2n) is 2.45. The predicted molar refractivity (Wildman–Crippen MR) is 61.4 cm³/mol. The Balaban J connectivity index is 2.40. The average molecular weight is 252 g/mol. The second kappa shape index (κ2) is 10.7. The minimum Gasteiger partial charge on any atom is -0.466 e. The van der Waals surface area contributed by atoms with E-state index in [2.05, 4.69) is 0 Å². The molecule has 0 fully saturated rings. The highest BCUT2D eigenvalue weighted by molar-refractivity contribution is 4.78. The van der Waals surface area contributed by atoms with Crippen LogP contribution in [-0.4, -0.2) is 0 Å². The molecule has 1 aliphatic rings. The van der Waals surface area contributed by atoms with Crippen LogP contribution in [0.3, 0.4) is 0 Å². The first-order chi connectivity index (χ1) is 9.00. The van der Waals surface area contributed by atoms with Crippen molar-refractivity contribution in [1.82, 2.24) is 0 Å². The van der Waals surface area contributed by atoms with Crippen LogP contribution < -0.4 is 0 Å². The van der Waals surface area contributed by atoms with Crippen LogP contribution in [0.15, 0.2) is 75.1 Å². The predicted octanol–water partition coefficient (Wildman–Crippen LogP) is 2.93. The topological polar surface area (TPSA) is 55.4 Å². The van der Waals surface area contributed by atoms with E-state index in [0.29, 0.717) is 0 Å². The lowest BCUT2D eigenvalue weighted by Gasteiger charge is -1.94. The van der Waals surface area contributed by atoms with Crippen molar-refractivity contribution in [3.05, 3.63) is 75.1 Å². The minimum atomic E-state index is 1.31. The van der Waals surface area contributed by atoms with Crippen LogP contribution in [0.25, 0.3) is 0 Å². The summed E-state index contributed by atoms with van der Waals surface area (Å²) >= 11 is 0. The fraction of sp³-hybridized carbons (Fsp3) is 0. The summed E-state index contributed by atoms with van der Waals surface area (Å²) in [6.07, 6.45) is 15.8. The van der Waals surface area contributed by atoms with Crippen LogP contribution in [-0.2, 0) is 28.4 Å². The summed E-state index contributed by atoms with van der Waals surface area (Å²) in [6.45, 7) is 0. The van der Waals surface area contributed by atoms with Gasteiger partial charge in [-0.05, 0) is 0 Å². The largest absolute Gasteiger partial charge is 0.466 e. The zero-order valence-electron chi connectivity index (χ0n) is 9.38. The molecule has 0 spiro atoms. The van der Waals surface area contributed by atoms with E-state index >= 15 is 0 Å². The van der Waals surface area contributed by atoms with Crippen molar-refractivity contribution < 1.29 is 28.4 Å². The molecule has 0 N–H and O–H groups in total. The molecular weight excluding hydrogens is 240 g/mol. The highest BCUT2D eigenvalue weighted by atomic mass is 16.5. The van der Waals surface area contributed by atoms with Crippen LogP contribution in [0, 0.1) is 0 Å². The number of hydrogen-bond acceptors (Lipinski definition) is 6. The summed E-state index contributed by atoms with van der Waals surface area (Å²) in [5.41, 5.74) is 0. The Morgan fingerprint density at radius 1 is 0.222 bits per heavy atom. The molecule has 0 aliphatic carbocycles. The summed E-state index contributed by atoms with van der Waals surface area (Å²) in [4.78, 5) is 0. The van der Waals surface area contributed by atoms with Crippen LogP contribution in [0.1, 0.15) is 0 Å². The maximum absolute atomic E-state index is 4.87. The number of rotatable bonds is 0. The smallest absolute Gasteiger partial charge is 0.125 e. The lowest BCUT2D eigenvalue weighted by molar-refractivity contribution is 0.290. The van der Waals surface area contributed by atoms with Gasteiger partial charge in [0, 0.05) is 0 Å². The van der Waals surface area contributed by atoms with Crippen molar-refractivity contribution in [3.63, 3.8) is 0 Å². The van der Waals surface area contributed by atoms with Crippen molar-refractivity contribution in [2.45, 2.75) is 0 Å². The van der Waals surface area contributed by atoms with Gasteiger partial charge in [0.2, 0.25) is 0 Å². The Hall–Kier alpha value is -2.76. The zero-order chi connectivity index (χ0) is 12.7. The van der Waals surface area contributed by atoms with Gasteiger partial charge in [0.1, 0.15) is 75.1 Å². The molecule has 0 atom stereocenters. The minimum absolute atomic E-state index is 1.31. The van der Waals surface area contributed by atoms with Gasteiger partial charge in [0.05, 0.1) is 0 Å². The highest BCUT2D eigenvalue weighted by Crippen LogP contribution is 1.90. The highest BCUT2D eigenvalue weighted by Gasteiger charge is 1.75. The Morgan fingerprint density at radius 3 is 0.444 bits per heavy atom. The fourth-order valence-corrected chi connectivity index (χ4v) is 0.657. The van der Waals surface area contributed by atoms with E-state index < -0.39 is 0 Å². The Kier molecular flexibility index (Phi) is 7.94. The van der Waals surface area contributed by atoms with Gasteiger partial charge in [-0.2, -0.15) is 0 Å². The normalized spacial score (nSPS) is 26.7. The molecule has 0 aromatic carbocycles. The lowest BCUT2D eigenvalue weighted by Crippen LogP contribution is -1.74. The first kappa shape index (κ1) is 13.3. The third-order valence-electron chi connectivity index (χ3n) is 1.28. The summed E-state index contributed by atoms with van der Waals surface area (Å²) in [5.74, 6) is 0.